The predicted molar refractivity (Wildman–Crippen MR) is 107 cm³/mol. The smallest absolute Gasteiger partial charge is 0.312 e. The molecule has 0 aromatic heterocycles. The second kappa shape index (κ2) is 9.23. The van der Waals surface area contributed by atoms with Crippen LogP contribution in [0.3, 0.4) is 0 Å². The molecule has 0 aliphatic carbocycles. The van der Waals surface area contributed by atoms with Gasteiger partial charge in [-0.15, -0.1) is 0 Å². The van der Waals surface area contributed by atoms with Crippen LogP contribution in [0.15, 0.2) is 54.6 Å². The summed E-state index contributed by atoms with van der Waals surface area (Å²) in [5, 5.41) is 6.00. The minimum absolute atomic E-state index is 0.0125. The summed E-state index contributed by atoms with van der Waals surface area (Å²) in [4.78, 5) is 26.1. The van der Waals surface area contributed by atoms with Gasteiger partial charge in [0.25, 0.3) is 0 Å². The lowest BCUT2D eigenvalue weighted by atomic mass is 10.0. The zero-order chi connectivity index (χ0) is 19.9. The summed E-state index contributed by atoms with van der Waals surface area (Å²) in [6.45, 7) is 4.12. The molecule has 7 heteroatoms. The van der Waals surface area contributed by atoms with Gasteiger partial charge in [-0.2, -0.15) is 0 Å². The van der Waals surface area contributed by atoms with Crippen LogP contribution in [-0.4, -0.2) is 42.5 Å². The molecule has 0 saturated carbocycles. The molecule has 2 aromatic rings. The summed E-state index contributed by atoms with van der Waals surface area (Å²) in [5.41, 5.74) is 6.12. The second-order valence-electron chi connectivity index (χ2n) is 6.95. The molecule has 0 spiro atoms. The number of nitrogens with one attached hydrogen (secondary N) is 2. The molecule has 0 radical (unpaired) electrons. The topological polar surface area (TPSA) is 96.7 Å². The van der Waals surface area contributed by atoms with Crippen molar-refractivity contribution in [3.63, 3.8) is 0 Å². The van der Waals surface area contributed by atoms with Crippen LogP contribution in [0, 0.1) is 0 Å². The van der Waals surface area contributed by atoms with Gasteiger partial charge in [0.1, 0.15) is 11.5 Å². The van der Waals surface area contributed by atoms with E-state index in [2.05, 4.69) is 10.6 Å². The Balaban J connectivity index is 1.74. The maximum absolute atomic E-state index is 12.8. The van der Waals surface area contributed by atoms with E-state index in [1.54, 1.807) is 0 Å². The van der Waals surface area contributed by atoms with Gasteiger partial charge in [0.2, 0.25) is 5.91 Å². The summed E-state index contributed by atoms with van der Waals surface area (Å²) >= 11 is 0. The number of primary amides is 1. The van der Waals surface area contributed by atoms with E-state index < -0.39 is 12.1 Å². The van der Waals surface area contributed by atoms with E-state index in [-0.39, 0.29) is 18.4 Å². The van der Waals surface area contributed by atoms with E-state index in [1.807, 2.05) is 66.4 Å². The summed E-state index contributed by atoms with van der Waals surface area (Å²) < 4.78 is 5.86. The van der Waals surface area contributed by atoms with Crippen LogP contribution >= 0.6 is 0 Å². The minimum Gasteiger partial charge on any atom is -0.457 e. The minimum atomic E-state index is -0.666. The Hall–Kier alpha value is -3.06. The molecule has 2 atom stereocenters. The monoisotopic (exact) mass is 382 g/mol. The molecule has 2 unspecified atom stereocenters. The van der Waals surface area contributed by atoms with Crippen LogP contribution in [0.2, 0.25) is 0 Å². The molecule has 1 aliphatic heterocycles. The van der Waals surface area contributed by atoms with Gasteiger partial charge >= 0.3 is 6.03 Å². The lowest BCUT2D eigenvalue weighted by Gasteiger charge is -2.33. The zero-order valence-electron chi connectivity index (χ0n) is 15.9. The lowest BCUT2D eigenvalue weighted by molar-refractivity contribution is -0.132. The highest BCUT2D eigenvalue weighted by molar-refractivity contribution is 5.79. The van der Waals surface area contributed by atoms with Crippen molar-refractivity contribution in [1.82, 2.24) is 15.5 Å². The third-order valence-electron chi connectivity index (χ3n) is 4.66. The highest BCUT2D eigenvalue weighted by atomic mass is 16.5. The van der Waals surface area contributed by atoms with Gasteiger partial charge in [0, 0.05) is 25.7 Å². The molecule has 4 N–H and O–H groups in total. The molecule has 0 bridgehead atoms. The number of ether oxygens (including phenoxy) is 1. The largest absolute Gasteiger partial charge is 0.457 e. The highest BCUT2D eigenvalue weighted by Gasteiger charge is 2.25. The molecule has 7 nitrogen and oxygen atoms in total. The Labute approximate surface area is 164 Å². The first-order valence-corrected chi connectivity index (χ1v) is 9.41. The highest BCUT2D eigenvalue weighted by Crippen LogP contribution is 2.26. The van der Waals surface area contributed by atoms with E-state index >= 15 is 0 Å². The van der Waals surface area contributed by atoms with Crippen molar-refractivity contribution >= 4 is 11.9 Å². The Kier molecular flexibility index (Phi) is 6.49. The maximum atomic E-state index is 12.8. The second-order valence-corrected chi connectivity index (χ2v) is 6.95. The Morgan fingerprint density at radius 2 is 1.96 bits per heavy atom. The number of hydrogen-bond acceptors (Lipinski definition) is 4. The number of nitrogens with two attached hydrogens (primary N) is 1. The van der Waals surface area contributed by atoms with Crippen molar-refractivity contribution in [2.24, 2.45) is 5.73 Å². The molecule has 148 valence electrons. The maximum Gasteiger partial charge on any atom is 0.312 e. The summed E-state index contributed by atoms with van der Waals surface area (Å²) in [7, 11) is 0. The van der Waals surface area contributed by atoms with Crippen LogP contribution in [0.25, 0.3) is 0 Å². The summed E-state index contributed by atoms with van der Waals surface area (Å²) in [6.07, 6.45) is 0.143. The van der Waals surface area contributed by atoms with Gasteiger partial charge < -0.3 is 26.0 Å². The first-order valence-electron chi connectivity index (χ1n) is 9.41. The molecule has 1 aliphatic rings. The van der Waals surface area contributed by atoms with E-state index in [1.165, 1.54) is 0 Å². The number of urea groups is 1. The zero-order valence-corrected chi connectivity index (χ0v) is 15.9. The fraction of sp³-hybridized carbons (Fsp3) is 0.333. The van der Waals surface area contributed by atoms with Crippen molar-refractivity contribution in [2.75, 3.05) is 19.6 Å². The number of amides is 3. The standard InChI is InChI=1S/C21H26N4O3/c1-15-14-25(11-10-23-15)20(26)13-19(24-21(22)27)16-6-5-9-18(12-16)28-17-7-3-2-4-8-17/h2-9,12,15,19,23H,10-11,13-14H2,1H3,(H3,22,24,27). The fourth-order valence-corrected chi connectivity index (χ4v) is 3.31. The van der Waals surface area contributed by atoms with Crippen LogP contribution in [-0.2, 0) is 4.79 Å². The van der Waals surface area contributed by atoms with E-state index in [0.717, 1.165) is 12.1 Å². The van der Waals surface area contributed by atoms with Crippen LogP contribution in [0.5, 0.6) is 11.5 Å². The van der Waals surface area contributed by atoms with Gasteiger partial charge in [-0.25, -0.2) is 4.79 Å². The van der Waals surface area contributed by atoms with Crippen LogP contribution < -0.4 is 21.1 Å². The number of piperazine rings is 1. The van der Waals surface area contributed by atoms with E-state index in [9.17, 15) is 9.59 Å². The first kappa shape index (κ1) is 19.7. The normalized spacial score (nSPS) is 17.6. The van der Waals surface area contributed by atoms with Crippen LogP contribution in [0.4, 0.5) is 4.79 Å². The van der Waals surface area contributed by atoms with E-state index in [0.29, 0.717) is 24.6 Å². The molecular weight excluding hydrogens is 356 g/mol. The van der Waals surface area contributed by atoms with Gasteiger partial charge in [-0.1, -0.05) is 30.3 Å². The molecule has 2 aromatic carbocycles. The molecule has 3 rings (SSSR count). The number of carbonyl (C=O) groups excluding carboxylic acids is 2. The number of benzene rings is 2. The number of rotatable bonds is 6. The molecule has 28 heavy (non-hydrogen) atoms. The number of nitrogens with zero attached hydrogens (tertiary/aromatic N) is 1. The molecule has 1 fully saturated rings. The Morgan fingerprint density at radius 1 is 1.21 bits per heavy atom. The molecule has 3 amide bonds. The Bertz CT molecular complexity index is 812. The molecule has 1 saturated heterocycles. The summed E-state index contributed by atoms with van der Waals surface area (Å²) in [5.74, 6) is 1.33. The first-order chi connectivity index (χ1) is 13.5. The van der Waals surface area contributed by atoms with Crippen LogP contribution in [0.1, 0.15) is 24.9 Å². The average molecular weight is 382 g/mol. The van der Waals surface area contributed by atoms with Crippen molar-refractivity contribution in [1.29, 1.82) is 0 Å². The number of para-hydroxylation sites is 1. The molecular formula is C21H26N4O3. The number of hydrogen-bond donors (Lipinski definition) is 3. The van der Waals surface area contributed by atoms with E-state index in [4.69, 9.17) is 10.5 Å². The van der Waals surface area contributed by atoms with Gasteiger partial charge in [-0.05, 0) is 36.8 Å². The SMILES string of the molecule is CC1CN(C(=O)CC(NC(N)=O)c2cccc(Oc3ccccc3)c2)CCN1. The third kappa shape index (κ3) is 5.47. The van der Waals surface area contributed by atoms with Crippen molar-refractivity contribution in [3.05, 3.63) is 60.2 Å². The average Bonchev–Trinajstić information content (AvgIpc) is 2.68. The fourth-order valence-electron chi connectivity index (χ4n) is 3.31. The predicted octanol–water partition coefficient (Wildman–Crippen LogP) is 2.40. The van der Waals surface area contributed by atoms with Crippen molar-refractivity contribution < 1.29 is 14.3 Å². The van der Waals surface area contributed by atoms with Crippen molar-refractivity contribution in [2.45, 2.75) is 25.4 Å². The third-order valence-corrected chi connectivity index (χ3v) is 4.66. The lowest BCUT2D eigenvalue weighted by Crippen LogP contribution is -2.52. The van der Waals surface area contributed by atoms with Crippen molar-refractivity contribution in [3.8, 4) is 11.5 Å². The van der Waals surface area contributed by atoms with Gasteiger partial charge in [0.15, 0.2) is 0 Å². The Morgan fingerprint density at radius 3 is 2.68 bits per heavy atom. The molecule has 1 heterocycles. The quantitative estimate of drug-likeness (QED) is 0.715. The number of carbonyl (C=O) groups is 2. The summed E-state index contributed by atoms with van der Waals surface area (Å²) in [6, 6.07) is 15.8. The van der Waals surface area contributed by atoms with Gasteiger partial charge in [0.05, 0.1) is 12.5 Å². The van der Waals surface area contributed by atoms with Gasteiger partial charge in [-0.3, -0.25) is 4.79 Å².